The van der Waals surface area contributed by atoms with E-state index in [1.807, 2.05) is 44.2 Å². The monoisotopic (exact) mass is 449 g/mol. The molecule has 0 spiro atoms. The van der Waals surface area contributed by atoms with Gasteiger partial charge in [0.1, 0.15) is 28.6 Å². The van der Waals surface area contributed by atoms with Crippen molar-refractivity contribution in [3.63, 3.8) is 0 Å². The van der Waals surface area contributed by atoms with Crippen molar-refractivity contribution in [1.29, 1.82) is 0 Å². The van der Waals surface area contributed by atoms with Crippen LogP contribution in [0.3, 0.4) is 0 Å². The predicted molar refractivity (Wildman–Crippen MR) is 126 cm³/mol. The fourth-order valence-electron chi connectivity index (χ4n) is 4.64. The Labute approximate surface area is 193 Å². The van der Waals surface area contributed by atoms with Gasteiger partial charge in [-0.05, 0) is 37.7 Å². The molecule has 1 saturated carbocycles. The first-order valence-electron chi connectivity index (χ1n) is 11.3. The SMILES string of the molecule is CC(C)n1nc(-c2ccc(CC(=O)Cc3cc(C4CC(C)(C)C4)no3)cc2)c(C(N)=O)c1N. The number of hydrogen-bond donors (Lipinski definition) is 2. The lowest BCUT2D eigenvalue weighted by Gasteiger charge is -2.41. The molecular formula is C25H31N5O3. The van der Waals surface area contributed by atoms with Gasteiger partial charge < -0.3 is 16.0 Å². The van der Waals surface area contributed by atoms with E-state index < -0.39 is 5.91 Å². The van der Waals surface area contributed by atoms with E-state index in [1.165, 1.54) is 0 Å². The summed E-state index contributed by atoms with van der Waals surface area (Å²) in [6, 6.07) is 9.26. The van der Waals surface area contributed by atoms with Crippen LogP contribution in [0.4, 0.5) is 5.82 Å². The molecule has 174 valence electrons. The van der Waals surface area contributed by atoms with Crippen LogP contribution in [-0.4, -0.2) is 26.6 Å². The first-order chi connectivity index (χ1) is 15.5. The third-order valence-corrected chi connectivity index (χ3v) is 6.28. The highest BCUT2D eigenvalue weighted by atomic mass is 16.5. The molecule has 4 N–H and O–H groups in total. The molecule has 0 aliphatic heterocycles. The van der Waals surface area contributed by atoms with Crippen molar-refractivity contribution in [2.45, 2.75) is 65.3 Å². The number of carbonyl (C=O) groups is 2. The summed E-state index contributed by atoms with van der Waals surface area (Å²) in [5, 5.41) is 8.66. The van der Waals surface area contributed by atoms with E-state index in [0.717, 1.165) is 29.7 Å². The molecule has 2 aromatic heterocycles. The molecule has 0 bridgehead atoms. The topological polar surface area (TPSA) is 130 Å². The molecule has 0 unspecified atom stereocenters. The molecule has 3 aromatic rings. The lowest BCUT2D eigenvalue weighted by atomic mass is 9.63. The zero-order chi connectivity index (χ0) is 23.9. The fraction of sp³-hybridized carbons (Fsp3) is 0.440. The lowest BCUT2D eigenvalue weighted by Crippen LogP contribution is -2.29. The van der Waals surface area contributed by atoms with Crippen molar-refractivity contribution >= 4 is 17.5 Å². The zero-order valence-electron chi connectivity index (χ0n) is 19.6. The summed E-state index contributed by atoms with van der Waals surface area (Å²) >= 11 is 0. The van der Waals surface area contributed by atoms with Gasteiger partial charge in [0.05, 0.1) is 12.1 Å². The molecule has 0 atom stereocenters. The van der Waals surface area contributed by atoms with Gasteiger partial charge in [0.25, 0.3) is 5.91 Å². The number of nitrogen functional groups attached to an aromatic ring is 1. The van der Waals surface area contributed by atoms with Crippen molar-refractivity contribution in [2.75, 3.05) is 5.73 Å². The number of aromatic nitrogens is 3. The fourth-order valence-corrected chi connectivity index (χ4v) is 4.64. The molecule has 0 radical (unpaired) electrons. The highest BCUT2D eigenvalue weighted by Crippen LogP contribution is 2.50. The smallest absolute Gasteiger partial charge is 0.254 e. The van der Waals surface area contributed by atoms with E-state index in [4.69, 9.17) is 16.0 Å². The van der Waals surface area contributed by atoms with Crippen LogP contribution in [0.2, 0.25) is 0 Å². The molecule has 1 aliphatic carbocycles. The first kappa shape index (κ1) is 22.8. The van der Waals surface area contributed by atoms with E-state index in [-0.39, 0.29) is 36.0 Å². The Bertz CT molecular complexity index is 1180. The normalized spacial score (nSPS) is 15.5. The number of ketones is 1. The Kier molecular flexibility index (Phi) is 5.86. The van der Waals surface area contributed by atoms with Crippen LogP contribution in [0, 0.1) is 5.41 Å². The van der Waals surface area contributed by atoms with Crippen LogP contribution in [-0.2, 0) is 17.6 Å². The molecule has 8 nitrogen and oxygen atoms in total. The number of rotatable bonds is 8. The predicted octanol–water partition coefficient (Wildman–Crippen LogP) is 4.06. The molecule has 4 rings (SSSR count). The lowest BCUT2D eigenvalue weighted by molar-refractivity contribution is -0.118. The van der Waals surface area contributed by atoms with E-state index in [1.54, 1.807) is 4.68 Å². The first-order valence-corrected chi connectivity index (χ1v) is 11.3. The van der Waals surface area contributed by atoms with Gasteiger partial charge in [-0.25, -0.2) is 4.68 Å². The maximum absolute atomic E-state index is 12.6. The van der Waals surface area contributed by atoms with Gasteiger partial charge in [-0.1, -0.05) is 43.3 Å². The summed E-state index contributed by atoms with van der Waals surface area (Å²) in [6.45, 7) is 8.35. The molecule has 1 aromatic carbocycles. The zero-order valence-corrected chi connectivity index (χ0v) is 19.6. The van der Waals surface area contributed by atoms with Crippen LogP contribution < -0.4 is 11.5 Å². The molecule has 8 heteroatoms. The number of carbonyl (C=O) groups excluding carboxylic acids is 2. The maximum atomic E-state index is 12.6. The van der Waals surface area contributed by atoms with Gasteiger partial charge in [-0.2, -0.15) is 5.10 Å². The van der Waals surface area contributed by atoms with Crippen LogP contribution in [0.15, 0.2) is 34.9 Å². The molecule has 2 heterocycles. The minimum absolute atomic E-state index is 0.0128. The third-order valence-electron chi connectivity index (χ3n) is 6.28. The van der Waals surface area contributed by atoms with E-state index in [2.05, 4.69) is 24.1 Å². The Hall–Kier alpha value is -3.42. The largest absolute Gasteiger partial charge is 0.383 e. The average Bonchev–Trinajstić information content (AvgIpc) is 3.30. The third kappa shape index (κ3) is 4.69. The van der Waals surface area contributed by atoms with Crippen molar-refractivity contribution in [3.05, 3.63) is 52.9 Å². The van der Waals surface area contributed by atoms with Crippen LogP contribution >= 0.6 is 0 Å². The van der Waals surface area contributed by atoms with Gasteiger partial charge in [0, 0.05) is 30.0 Å². The Morgan fingerprint density at radius 1 is 1.18 bits per heavy atom. The molecule has 1 fully saturated rings. The minimum atomic E-state index is -0.620. The van der Waals surface area contributed by atoms with Gasteiger partial charge in [-0.15, -0.1) is 0 Å². The molecule has 1 amide bonds. The second kappa shape index (κ2) is 8.50. The number of hydrogen-bond acceptors (Lipinski definition) is 6. The Balaban J connectivity index is 1.42. The van der Waals surface area contributed by atoms with Crippen molar-refractivity contribution in [3.8, 4) is 11.3 Å². The van der Waals surface area contributed by atoms with Crippen LogP contribution in [0.25, 0.3) is 11.3 Å². The highest BCUT2D eigenvalue weighted by Gasteiger charge is 2.38. The summed E-state index contributed by atoms with van der Waals surface area (Å²) in [5.74, 6) is 0.718. The summed E-state index contributed by atoms with van der Waals surface area (Å²) in [6.07, 6.45) is 2.68. The number of Topliss-reactive ketones (excluding diaryl/α,β-unsaturated/α-hetero) is 1. The number of amides is 1. The van der Waals surface area contributed by atoms with Crippen molar-refractivity contribution in [1.82, 2.24) is 14.9 Å². The molecule has 1 aliphatic rings. The molecular weight excluding hydrogens is 418 g/mol. The van der Waals surface area contributed by atoms with Crippen molar-refractivity contribution in [2.24, 2.45) is 11.1 Å². The van der Waals surface area contributed by atoms with Crippen molar-refractivity contribution < 1.29 is 14.1 Å². The van der Waals surface area contributed by atoms with Gasteiger partial charge >= 0.3 is 0 Å². The Morgan fingerprint density at radius 3 is 2.42 bits per heavy atom. The van der Waals surface area contributed by atoms with Gasteiger partial charge in [-0.3, -0.25) is 9.59 Å². The minimum Gasteiger partial charge on any atom is -0.383 e. The Morgan fingerprint density at radius 2 is 1.85 bits per heavy atom. The summed E-state index contributed by atoms with van der Waals surface area (Å²) < 4.78 is 6.99. The summed E-state index contributed by atoms with van der Waals surface area (Å²) in [7, 11) is 0. The number of nitrogens with two attached hydrogens (primary N) is 2. The number of anilines is 1. The van der Waals surface area contributed by atoms with E-state index in [0.29, 0.717) is 22.8 Å². The number of nitrogens with zero attached hydrogens (tertiary/aromatic N) is 3. The summed E-state index contributed by atoms with van der Waals surface area (Å²) in [4.78, 5) is 24.6. The van der Waals surface area contributed by atoms with Crippen LogP contribution in [0.1, 0.15) is 79.9 Å². The maximum Gasteiger partial charge on any atom is 0.254 e. The molecule has 0 saturated heterocycles. The standard InChI is InChI=1S/C25H31N5O3/c1-14(2)30-23(26)21(24(27)32)22(28-30)16-7-5-15(6-8-16)9-18(31)10-19-11-20(29-33-19)17-12-25(3,4)13-17/h5-8,11,14,17H,9-10,12-13,26H2,1-4H3,(H2,27,32). The quantitative estimate of drug-likeness (QED) is 0.533. The summed E-state index contributed by atoms with van der Waals surface area (Å²) in [5.41, 5.74) is 15.2. The number of benzene rings is 1. The van der Waals surface area contributed by atoms with Crippen LogP contribution in [0.5, 0.6) is 0 Å². The van der Waals surface area contributed by atoms with E-state index in [9.17, 15) is 9.59 Å². The van der Waals surface area contributed by atoms with E-state index >= 15 is 0 Å². The van der Waals surface area contributed by atoms with Gasteiger partial charge in [0.15, 0.2) is 0 Å². The molecule has 33 heavy (non-hydrogen) atoms. The van der Waals surface area contributed by atoms with Gasteiger partial charge in [0.2, 0.25) is 0 Å². The number of primary amides is 1. The second-order valence-electron chi connectivity index (χ2n) is 10.1. The average molecular weight is 450 g/mol. The second-order valence-corrected chi connectivity index (χ2v) is 10.1. The highest BCUT2D eigenvalue weighted by molar-refractivity contribution is 6.03.